The van der Waals surface area contributed by atoms with Crippen molar-refractivity contribution in [3.05, 3.63) is 29.3 Å². The zero-order valence-electron chi connectivity index (χ0n) is 20.2. The number of amides is 1. The molecule has 1 heterocycles. The monoisotopic (exact) mass is 555 g/mol. The summed E-state index contributed by atoms with van der Waals surface area (Å²) in [4.78, 5) is 14.7. The summed E-state index contributed by atoms with van der Waals surface area (Å²) in [5, 5.41) is 1.91. The van der Waals surface area contributed by atoms with Gasteiger partial charge in [-0.1, -0.05) is 12.8 Å². The Hall–Kier alpha value is -1.86. The topological polar surface area (TPSA) is 78.5 Å². The summed E-state index contributed by atoms with van der Waals surface area (Å²) >= 11 is 0. The van der Waals surface area contributed by atoms with Gasteiger partial charge < -0.3 is 10.2 Å². The molecule has 1 amide bonds. The molecule has 13 heteroatoms. The number of carbonyl (C=O) groups excluding carboxylic acids is 1. The van der Waals surface area contributed by atoms with Gasteiger partial charge in [-0.3, -0.25) is 4.79 Å². The van der Waals surface area contributed by atoms with Gasteiger partial charge in [0.2, 0.25) is 15.9 Å². The molecular formula is C24H31F6N3O3S. The number of hydrogen-bond acceptors (Lipinski definition) is 4. The van der Waals surface area contributed by atoms with E-state index in [4.69, 9.17) is 0 Å². The average Bonchev–Trinajstić information content (AvgIpc) is 3.56. The highest BCUT2D eigenvalue weighted by atomic mass is 32.2. The highest BCUT2D eigenvalue weighted by Gasteiger charge is 2.44. The fourth-order valence-corrected chi connectivity index (χ4v) is 7.18. The van der Waals surface area contributed by atoms with Crippen LogP contribution in [0.25, 0.3) is 0 Å². The number of sulfonamides is 1. The third-order valence-corrected chi connectivity index (χ3v) is 9.53. The van der Waals surface area contributed by atoms with Gasteiger partial charge in [0.05, 0.1) is 16.4 Å². The average molecular weight is 556 g/mol. The predicted molar refractivity (Wildman–Crippen MR) is 125 cm³/mol. The lowest BCUT2D eigenvalue weighted by atomic mass is 9.91. The van der Waals surface area contributed by atoms with E-state index < -0.39 is 50.6 Å². The number of halogens is 6. The Morgan fingerprint density at radius 3 is 1.95 bits per heavy atom. The molecule has 0 spiro atoms. The van der Waals surface area contributed by atoms with Gasteiger partial charge in [0, 0.05) is 24.2 Å². The molecule has 0 unspecified atom stereocenters. The quantitative estimate of drug-likeness (QED) is 0.435. The normalized spacial score (nSPS) is 21.8. The van der Waals surface area contributed by atoms with Crippen molar-refractivity contribution >= 4 is 21.6 Å². The molecule has 0 bridgehead atoms. The Bertz CT molecular complexity index is 1060. The van der Waals surface area contributed by atoms with Crippen LogP contribution < -0.4 is 10.0 Å². The third-order valence-electron chi connectivity index (χ3n) is 7.46. The second-order valence-corrected chi connectivity index (χ2v) is 12.6. The van der Waals surface area contributed by atoms with E-state index in [-0.39, 0.29) is 23.7 Å². The molecule has 4 rings (SSSR count). The van der Waals surface area contributed by atoms with Crippen LogP contribution in [0.15, 0.2) is 18.2 Å². The maximum Gasteiger partial charge on any atom is 0.416 e. The number of benzene rings is 1. The summed E-state index contributed by atoms with van der Waals surface area (Å²) in [6.45, 7) is 1.85. The Morgan fingerprint density at radius 2 is 1.46 bits per heavy atom. The number of hydrogen-bond donors (Lipinski definition) is 2. The van der Waals surface area contributed by atoms with Crippen molar-refractivity contribution < 1.29 is 39.6 Å². The first-order valence-electron chi connectivity index (χ1n) is 12.5. The van der Waals surface area contributed by atoms with E-state index in [1.165, 1.54) is 0 Å². The Labute approximate surface area is 212 Å². The van der Waals surface area contributed by atoms with Crippen molar-refractivity contribution in [3.8, 4) is 0 Å². The van der Waals surface area contributed by atoms with Crippen molar-refractivity contribution in [2.45, 2.75) is 80.9 Å². The van der Waals surface area contributed by atoms with Gasteiger partial charge in [-0.25, -0.2) is 13.1 Å². The number of rotatable bonds is 8. The lowest BCUT2D eigenvalue weighted by Gasteiger charge is -2.39. The zero-order valence-corrected chi connectivity index (χ0v) is 21.0. The smallest absolute Gasteiger partial charge is 0.326 e. The van der Waals surface area contributed by atoms with Gasteiger partial charge in [-0.05, 0) is 75.7 Å². The van der Waals surface area contributed by atoms with Gasteiger partial charge >= 0.3 is 12.4 Å². The molecule has 3 fully saturated rings. The van der Waals surface area contributed by atoms with Crippen LogP contribution in [0.3, 0.4) is 0 Å². The van der Waals surface area contributed by atoms with Crippen LogP contribution in [0.1, 0.15) is 68.9 Å². The number of nitrogens with one attached hydrogen (secondary N) is 2. The summed E-state index contributed by atoms with van der Waals surface area (Å²) in [6.07, 6.45) is -3.92. The van der Waals surface area contributed by atoms with Crippen molar-refractivity contribution in [1.82, 2.24) is 9.62 Å². The Balaban J connectivity index is 1.32. The minimum absolute atomic E-state index is 0.0211. The first-order chi connectivity index (χ1) is 17.2. The van der Waals surface area contributed by atoms with Crippen LogP contribution in [-0.4, -0.2) is 49.6 Å². The van der Waals surface area contributed by atoms with Gasteiger partial charge in [0.1, 0.15) is 0 Å². The van der Waals surface area contributed by atoms with Crippen LogP contribution >= 0.6 is 0 Å². The van der Waals surface area contributed by atoms with E-state index in [9.17, 15) is 39.6 Å². The number of piperidine rings is 1. The lowest BCUT2D eigenvalue weighted by molar-refractivity contribution is -0.143. The minimum atomic E-state index is -4.99. The largest absolute Gasteiger partial charge is 0.416 e. The zero-order chi connectivity index (χ0) is 27.1. The SMILES string of the molecule is O=C(CC1CCN(CC2(NS(=O)(=O)C3CC3)CCCC2)CC1)Nc1cc(C(F)(F)F)cc(C(F)(F)F)c1. The highest BCUT2D eigenvalue weighted by molar-refractivity contribution is 7.90. The number of anilines is 1. The molecule has 37 heavy (non-hydrogen) atoms. The fraction of sp³-hybridized carbons (Fsp3) is 0.708. The van der Waals surface area contributed by atoms with E-state index >= 15 is 0 Å². The molecule has 2 N–H and O–H groups in total. The van der Waals surface area contributed by atoms with E-state index in [2.05, 4.69) is 14.9 Å². The summed E-state index contributed by atoms with van der Waals surface area (Å²) in [5.74, 6) is -0.720. The first-order valence-corrected chi connectivity index (χ1v) is 14.0. The Morgan fingerprint density at radius 1 is 0.919 bits per heavy atom. The van der Waals surface area contributed by atoms with Gasteiger partial charge in [0.25, 0.3) is 0 Å². The summed E-state index contributed by atoms with van der Waals surface area (Å²) in [7, 11) is -3.33. The highest BCUT2D eigenvalue weighted by Crippen LogP contribution is 2.38. The second-order valence-electron chi connectivity index (χ2n) is 10.6. The van der Waals surface area contributed by atoms with E-state index in [0.29, 0.717) is 57.5 Å². The first kappa shape index (κ1) is 28.2. The molecule has 6 nitrogen and oxygen atoms in total. The van der Waals surface area contributed by atoms with Crippen LogP contribution in [0.5, 0.6) is 0 Å². The standard InChI is InChI=1S/C24H31F6N3O3S/c25-23(26,27)17-12-18(24(28,29)30)14-19(13-17)31-21(34)11-16-5-9-33(10-6-16)15-22(7-1-2-8-22)32-37(35,36)20-3-4-20/h12-14,16,20,32H,1-11,15H2,(H,31,34). The molecule has 208 valence electrons. The maximum atomic E-state index is 13.1. The van der Waals surface area contributed by atoms with Crippen LogP contribution in [0, 0.1) is 5.92 Å². The molecule has 1 aliphatic heterocycles. The van der Waals surface area contributed by atoms with Crippen molar-refractivity contribution in [2.75, 3.05) is 25.0 Å². The van der Waals surface area contributed by atoms with Crippen molar-refractivity contribution in [1.29, 1.82) is 0 Å². The minimum Gasteiger partial charge on any atom is -0.326 e. The molecule has 1 aromatic rings. The Kier molecular flexibility index (Phi) is 7.89. The van der Waals surface area contributed by atoms with E-state index in [1.54, 1.807) is 0 Å². The number of carbonyl (C=O) groups is 1. The van der Waals surface area contributed by atoms with Crippen LogP contribution in [0.2, 0.25) is 0 Å². The van der Waals surface area contributed by atoms with Crippen molar-refractivity contribution in [2.24, 2.45) is 5.92 Å². The lowest BCUT2D eigenvalue weighted by Crippen LogP contribution is -2.55. The maximum absolute atomic E-state index is 13.1. The fourth-order valence-electron chi connectivity index (χ4n) is 5.39. The molecule has 1 saturated heterocycles. The third kappa shape index (κ3) is 7.38. The molecule has 2 saturated carbocycles. The summed E-state index contributed by atoms with van der Waals surface area (Å²) < 4.78 is 107. The molecule has 0 atom stereocenters. The molecule has 0 radical (unpaired) electrons. The van der Waals surface area contributed by atoms with E-state index in [1.807, 2.05) is 0 Å². The van der Waals surface area contributed by atoms with Gasteiger partial charge in [-0.2, -0.15) is 26.3 Å². The van der Waals surface area contributed by atoms with Gasteiger partial charge in [0.15, 0.2) is 0 Å². The van der Waals surface area contributed by atoms with Crippen molar-refractivity contribution in [3.63, 3.8) is 0 Å². The van der Waals surface area contributed by atoms with Crippen LogP contribution in [-0.2, 0) is 27.2 Å². The number of alkyl halides is 6. The van der Waals surface area contributed by atoms with E-state index in [0.717, 1.165) is 25.7 Å². The molecule has 0 aromatic heterocycles. The number of likely N-dealkylation sites (tertiary alicyclic amines) is 1. The van der Waals surface area contributed by atoms with Gasteiger partial charge in [-0.15, -0.1) is 0 Å². The molecule has 2 aliphatic carbocycles. The molecule has 3 aliphatic rings. The summed E-state index contributed by atoms with van der Waals surface area (Å²) in [6, 6.07) is 1.02. The predicted octanol–water partition coefficient (Wildman–Crippen LogP) is 5.16. The number of nitrogens with zero attached hydrogens (tertiary/aromatic N) is 1. The molecule has 1 aromatic carbocycles. The summed E-state index contributed by atoms with van der Waals surface area (Å²) in [5.41, 5.74) is -3.99. The van der Waals surface area contributed by atoms with Crippen LogP contribution in [0.4, 0.5) is 32.0 Å². The molecular weight excluding hydrogens is 524 g/mol. The second kappa shape index (κ2) is 10.4.